The van der Waals surface area contributed by atoms with Crippen molar-refractivity contribution in [3.63, 3.8) is 0 Å². The molecule has 0 aliphatic carbocycles. The fourth-order valence-corrected chi connectivity index (χ4v) is 1.81. The van der Waals surface area contributed by atoms with Gasteiger partial charge in [-0.1, -0.05) is 23.9 Å². The van der Waals surface area contributed by atoms with E-state index in [4.69, 9.17) is 0 Å². The van der Waals surface area contributed by atoms with Gasteiger partial charge in [-0.05, 0) is 24.5 Å². The topological polar surface area (TPSA) is 59.9 Å². The van der Waals surface area contributed by atoms with Crippen molar-refractivity contribution in [2.45, 2.75) is 5.16 Å². The van der Waals surface area contributed by atoms with Crippen LogP contribution in [0.1, 0.15) is 20.8 Å². The lowest BCUT2D eigenvalue weighted by Gasteiger charge is -2.02. The van der Waals surface area contributed by atoms with Gasteiger partial charge in [-0.25, -0.2) is 14.4 Å². The van der Waals surface area contributed by atoms with E-state index < -0.39 is 17.4 Å². The van der Waals surface area contributed by atoms with Gasteiger partial charge < -0.3 is 0 Å². The van der Waals surface area contributed by atoms with Gasteiger partial charge >= 0.3 is 0 Å². The van der Waals surface area contributed by atoms with Crippen molar-refractivity contribution in [1.29, 1.82) is 0 Å². The average molecular weight is 276 g/mol. The minimum absolute atomic E-state index is 0.0346. The Morgan fingerprint density at radius 1 is 1.16 bits per heavy atom. The number of Topliss-reactive ketones (excluding diaryl/α,β-unsaturated/α-hetero) is 2. The van der Waals surface area contributed by atoms with Crippen LogP contribution in [-0.4, -0.2) is 27.8 Å². The molecule has 0 spiro atoms. The first-order valence-corrected chi connectivity index (χ1v) is 6.56. The molecule has 1 aromatic carbocycles. The second-order valence-corrected chi connectivity index (χ2v) is 4.34. The zero-order valence-corrected chi connectivity index (χ0v) is 10.8. The summed E-state index contributed by atoms with van der Waals surface area (Å²) in [6, 6.07) is 6.69. The van der Waals surface area contributed by atoms with Crippen LogP contribution in [0.15, 0.2) is 41.7 Å². The maximum atomic E-state index is 13.5. The Hall–Kier alpha value is -2.08. The Balaban J connectivity index is 2.34. The number of nitrogens with zero attached hydrogens (tertiary/aromatic N) is 2. The third-order valence-electron chi connectivity index (χ3n) is 2.37. The molecule has 1 aromatic heterocycles. The van der Waals surface area contributed by atoms with Crippen LogP contribution in [0, 0.1) is 5.82 Å². The molecule has 0 atom stereocenters. The number of carbonyl (C=O) groups excluding carboxylic acids is 2. The molecule has 4 nitrogen and oxygen atoms in total. The predicted octanol–water partition coefficient (Wildman–Crippen LogP) is 2.40. The summed E-state index contributed by atoms with van der Waals surface area (Å²) >= 11 is 1.25. The Morgan fingerprint density at radius 3 is 2.58 bits per heavy atom. The van der Waals surface area contributed by atoms with Crippen LogP contribution in [0.4, 0.5) is 4.39 Å². The second kappa shape index (κ2) is 5.71. The third-order valence-corrected chi connectivity index (χ3v) is 2.94. The summed E-state index contributed by atoms with van der Waals surface area (Å²) in [5, 5.41) is 0.382. The smallest absolute Gasteiger partial charge is 0.252 e. The quantitative estimate of drug-likeness (QED) is 0.371. The van der Waals surface area contributed by atoms with Gasteiger partial charge in [0.05, 0.1) is 5.56 Å². The highest BCUT2D eigenvalue weighted by atomic mass is 32.2. The molecule has 0 aliphatic heterocycles. The molecular formula is C13H9FN2O2S. The van der Waals surface area contributed by atoms with Crippen LogP contribution >= 0.6 is 11.8 Å². The first-order chi connectivity index (χ1) is 9.13. The summed E-state index contributed by atoms with van der Waals surface area (Å²) in [6.45, 7) is 0. The summed E-state index contributed by atoms with van der Waals surface area (Å²) in [6.07, 6.45) is 3.14. The number of hydrogen-bond donors (Lipinski definition) is 0. The van der Waals surface area contributed by atoms with Crippen LogP contribution in [-0.2, 0) is 0 Å². The molecular weight excluding hydrogens is 267 g/mol. The van der Waals surface area contributed by atoms with Crippen LogP contribution in [0.25, 0.3) is 0 Å². The van der Waals surface area contributed by atoms with E-state index in [0.29, 0.717) is 5.16 Å². The van der Waals surface area contributed by atoms with Crippen molar-refractivity contribution >= 4 is 23.3 Å². The highest BCUT2D eigenvalue weighted by Crippen LogP contribution is 2.12. The minimum atomic E-state index is -0.913. The van der Waals surface area contributed by atoms with E-state index in [1.807, 2.05) is 0 Å². The molecule has 0 bridgehead atoms. The summed E-state index contributed by atoms with van der Waals surface area (Å²) in [5.74, 6) is -2.48. The second-order valence-electron chi connectivity index (χ2n) is 3.57. The standard InChI is InChI=1S/C13H9FN2O2S/c1-19-13-15-7-6-10(16-13)12(18)11(17)8-4-2-3-5-9(8)14/h2-7H,1H3. The Bertz CT molecular complexity index is 646. The largest absolute Gasteiger partial charge is 0.285 e. The number of halogens is 1. The van der Waals surface area contributed by atoms with Crippen molar-refractivity contribution in [3.8, 4) is 0 Å². The number of ketones is 2. The highest BCUT2D eigenvalue weighted by Gasteiger charge is 2.22. The van der Waals surface area contributed by atoms with Gasteiger partial charge in [-0.15, -0.1) is 0 Å². The molecule has 0 aliphatic rings. The minimum Gasteiger partial charge on any atom is -0.285 e. The van der Waals surface area contributed by atoms with Crippen molar-refractivity contribution in [3.05, 3.63) is 53.6 Å². The molecule has 0 N–H and O–H groups in total. The Labute approximate surface area is 113 Å². The zero-order valence-electron chi connectivity index (χ0n) is 9.96. The summed E-state index contributed by atoms with van der Waals surface area (Å²) in [7, 11) is 0. The molecule has 2 aromatic rings. The van der Waals surface area contributed by atoms with Crippen molar-refractivity contribution in [2.24, 2.45) is 0 Å². The molecule has 0 fully saturated rings. The normalized spacial score (nSPS) is 10.2. The van der Waals surface area contributed by atoms with Gasteiger partial charge in [0.1, 0.15) is 11.5 Å². The highest BCUT2D eigenvalue weighted by molar-refractivity contribution is 7.98. The third kappa shape index (κ3) is 2.85. The van der Waals surface area contributed by atoms with Crippen molar-refractivity contribution in [1.82, 2.24) is 9.97 Å². The van der Waals surface area contributed by atoms with Gasteiger partial charge in [0, 0.05) is 6.20 Å². The van der Waals surface area contributed by atoms with Gasteiger partial charge in [0.25, 0.3) is 5.78 Å². The maximum Gasteiger partial charge on any atom is 0.252 e. The predicted molar refractivity (Wildman–Crippen MR) is 68.9 cm³/mol. The SMILES string of the molecule is CSc1nccc(C(=O)C(=O)c2ccccc2F)n1. The van der Waals surface area contributed by atoms with E-state index in [1.165, 1.54) is 42.2 Å². The summed E-state index contributed by atoms with van der Waals surface area (Å²) in [4.78, 5) is 31.7. The lowest BCUT2D eigenvalue weighted by molar-refractivity contribution is 0.0811. The summed E-state index contributed by atoms with van der Waals surface area (Å²) < 4.78 is 13.5. The first-order valence-electron chi connectivity index (χ1n) is 5.34. The molecule has 0 amide bonds. The van der Waals surface area contributed by atoms with Crippen LogP contribution in [0.3, 0.4) is 0 Å². The number of carbonyl (C=O) groups is 2. The summed E-state index contributed by atoms with van der Waals surface area (Å²) in [5.41, 5.74) is -0.288. The number of thioether (sulfide) groups is 1. The van der Waals surface area contributed by atoms with Gasteiger partial charge in [0.2, 0.25) is 5.78 Å². The Morgan fingerprint density at radius 2 is 1.89 bits per heavy atom. The fourth-order valence-electron chi connectivity index (χ4n) is 1.45. The lowest BCUT2D eigenvalue weighted by atomic mass is 10.0. The van der Waals surface area contributed by atoms with E-state index >= 15 is 0 Å². The number of rotatable bonds is 4. The first kappa shape index (κ1) is 13.4. The lowest BCUT2D eigenvalue weighted by Crippen LogP contribution is -2.17. The van der Waals surface area contributed by atoms with E-state index in [-0.39, 0.29) is 11.3 Å². The van der Waals surface area contributed by atoms with Crippen molar-refractivity contribution < 1.29 is 14.0 Å². The molecule has 19 heavy (non-hydrogen) atoms. The van der Waals surface area contributed by atoms with Crippen LogP contribution in [0.5, 0.6) is 0 Å². The average Bonchev–Trinajstić information content (AvgIpc) is 2.46. The van der Waals surface area contributed by atoms with E-state index in [9.17, 15) is 14.0 Å². The molecule has 0 saturated heterocycles. The molecule has 96 valence electrons. The van der Waals surface area contributed by atoms with Gasteiger partial charge in [-0.3, -0.25) is 9.59 Å². The fraction of sp³-hybridized carbons (Fsp3) is 0.0769. The molecule has 1 heterocycles. The monoisotopic (exact) mass is 276 g/mol. The Kier molecular flexibility index (Phi) is 4.01. The van der Waals surface area contributed by atoms with E-state index in [2.05, 4.69) is 9.97 Å². The molecule has 0 radical (unpaired) electrons. The zero-order chi connectivity index (χ0) is 13.8. The molecule has 0 saturated carbocycles. The number of hydrogen-bond acceptors (Lipinski definition) is 5. The van der Waals surface area contributed by atoms with Gasteiger partial charge in [0.15, 0.2) is 5.16 Å². The number of benzene rings is 1. The van der Waals surface area contributed by atoms with Crippen LogP contribution < -0.4 is 0 Å². The molecule has 2 rings (SSSR count). The molecule has 6 heteroatoms. The van der Waals surface area contributed by atoms with E-state index in [1.54, 1.807) is 6.26 Å². The van der Waals surface area contributed by atoms with Crippen LogP contribution in [0.2, 0.25) is 0 Å². The maximum absolute atomic E-state index is 13.5. The van der Waals surface area contributed by atoms with Crippen molar-refractivity contribution in [2.75, 3.05) is 6.26 Å². The van der Waals surface area contributed by atoms with Gasteiger partial charge in [-0.2, -0.15) is 0 Å². The molecule has 0 unspecified atom stereocenters. The number of aromatic nitrogens is 2. The van der Waals surface area contributed by atoms with E-state index in [0.717, 1.165) is 6.07 Å².